The van der Waals surface area contributed by atoms with Crippen LogP contribution in [0, 0.1) is 18.3 Å². The Balaban J connectivity index is 1.00. The van der Waals surface area contributed by atoms with Gasteiger partial charge in [0.05, 0.1) is 11.8 Å². The van der Waals surface area contributed by atoms with Crippen molar-refractivity contribution in [3.05, 3.63) is 94.8 Å². The Morgan fingerprint density at radius 3 is 2.60 bits per heavy atom. The van der Waals surface area contributed by atoms with Gasteiger partial charge in [-0.15, -0.1) is 11.3 Å². The number of halogens is 3. The fraction of sp³-hybridized carbons (Fsp3) is 0.333. The van der Waals surface area contributed by atoms with Gasteiger partial charge in [-0.1, -0.05) is 24.8 Å². The number of piperidine rings is 1. The maximum atomic E-state index is 13.0. The lowest BCUT2D eigenvalue weighted by Crippen LogP contribution is -2.39. The van der Waals surface area contributed by atoms with Crippen molar-refractivity contribution in [1.82, 2.24) is 19.4 Å². The Morgan fingerprint density at radius 2 is 1.90 bits per heavy atom. The van der Waals surface area contributed by atoms with E-state index in [1.54, 1.807) is 6.07 Å². The molecule has 4 heterocycles. The third-order valence-electron chi connectivity index (χ3n) is 9.48. The quantitative estimate of drug-likeness (QED) is 0.155. The van der Waals surface area contributed by atoms with E-state index in [0.717, 1.165) is 66.8 Å². The van der Waals surface area contributed by atoms with Crippen LogP contribution in [-0.2, 0) is 17.8 Å². The lowest BCUT2D eigenvalue weighted by atomic mass is 10.0. The van der Waals surface area contributed by atoms with Crippen LogP contribution < -0.4 is 10.6 Å². The number of benzene rings is 2. The summed E-state index contributed by atoms with van der Waals surface area (Å²) < 4.78 is 41.0. The first kappa shape index (κ1) is 31.8. The van der Waals surface area contributed by atoms with Gasteiger partial charge in [-0.2, -0.15) is 18.4 Å². The number of aromatic nitrogens is 3. The molecule has 0 bridgehead atoms. The van der Waals surface area contributed by atoms with E-state index in [2.05, 4.69) is 61.8 Å². The lowest BCUT2D eigenvalue weighted by molar-refractivity contribution is -0.126. The van der Waals surface area contributed by atoms with Gasteiger partial charge in [0.25, 0.3) is 0 Å². The summed E-state index contributed by atoms with van der Waals surface area (Å²) in [5, 5.41) is 18.1. The Bertz CT molecular complexity index is 2050. The molecular weight excluding hydrogens is 636 g/mol. The number of nitrogens with zero attached hydrogens (tertiary/aromatic N) is 5. The summed E-state index contributed by atoms with van der Waals surface area (Å²) in [6.45, 7) is 8.16. The van der Waals surface area contributed by atoms with Gasteiger partial charge >= 0.3 is 6.18 Å². The van der Waals surface area contributed by atoms with Crippen LogP contribution in [0.1, 0.15) is 58.5 Å². The molecule has 0 unspecified atom stereocenters. The second-order valence-electron chi connectivity index (χ2n) is 12.7. The Hall–Kier alpha value is -4.73. The number of carbonyl (C=O) groups excluding carboxylic acids is 1. The molecule has 7 rings (SSSR count). The molecule has 2 aliphatic rings. The number of amides is 1. The molecule has 2 fully saturated rings. The zero-order valence-corrected chi connectivity index (χ0v) is 27.2. The monoisotopic (exact) mass is 669 g/mol. The van der Waals surface area contributed by atoms with Crippen LogP contribution in [0.5, 0.6) is 0 Å². The SMILES string of the molecule is C=CC(=O)Nc1ccc([C@H]2C[C@H]2n2c(C#N)cc3c(C)c(CN4CCC(Nc5ncnc6sc(CC(F)(F)F)cc56)CC4)ccc32)cc1. The first-order valence-corrected chi connectivity index (χ1v) is 16.8. The summed E-state index contributed by atoms with van der Waals surface area (Å²) in [5.74, 6) is 0.645. The molecule has 1 aliphatic heterocycles. The normalized spacial score (nSPS) is 18.6. The average Bonchev–Trinajstić information content (AvgIpc) is 3.58. The third-order valence-corrected chi connectivity index (χ3v) is 10.5. The van der Waals surface area contributed by atoms with E-state index in [-0.39, 0.29) is 22.9 Å². The van der Waals surface area contributed by atoms with E-state index in [1.165, 1.54) is 29.1 Å². The smallest absolute Gasteiger partial charge is 0.367 e. The number of likely N-dealkylation sites (tertiary alicyclic amines) is 1. The molecule has 246 valence electrons. The highest BCUT2D eigenvalue weighted by atomic mass is 32.1. The maximum absolute atomic E-state index is 13.0. The van der Waals surface area contributed by atoms with E-state index in [4.69, 9.17) is 0 Å². The number of hydrogen-bond donors (Lipinski definition) is 2. The van der Waals surface area contributed by atoms with E-state index in [1.807, 2.05) is 30.3 Å². The summed E-state index contributed by atoms with van der Waals surface area (Å²) in [6, 6.07) is 18.5. The molecule has 2 aromatic carbocycles. The predicted molar refractivity (Wildman–Crippen MR) is 182 cm³/mol. The first-order chi connectivity index (χ1) is 23.1. The van der Waals surface area contributed by atoms with Crippen LogP contribution in [0.2, 0.25) is 0 Å². The Kier molecular flexibility index (Phi) is 8.43. The van der Waals surface area contributed by atoms with E-state index >= 15 is 0 Å². The minimum Gasteiger partial charge on any atom is -0.367 e. The van der Waals surface area contributed by atoms with Crippen molar-refractivity contribution in [3.8, 4) is 6.07 Å². The fourth-order valence-corrected chi connectivity index (χ4v) is 7.94. The van der Waals surface area contributed by atoms with Crippen molar-refractivity contribution in [3.63, 3.8) is 0 Å². The molecule has 1 aliphatic carbocycles. The van der Waals surface area contributed by atoms with Crippen LogP contribution in [-0.4, -0.2) is 50.6 Å². The molecule has 2 N–H and O–H groups in total. The molecule has 2 atom stereocenters. The van der Waals surface area contributed by atoms with Gasteiger partial charge in [-0.05, 0) is 79.3 Å². The van der Waals surface area contributed by atoms with Gasteiger partial charge in [0, 0.05) is 59.1 Å². The molecule has 1 amide bonds. The summed E-state index contributed by atoms with van der Waals surface area (Å²) in [5.41, 5.74) is 6.04. The Morgan fingerprint density at radius 1 is 1.12 bits per heavy atom. The number of nitriles is 1. The molecule has 1 saturated heterocycles. The molecular formula is C36H34F3N7OS. The fourth-order valence-electron chi connectivity index (χ4n) is 6.91. The number of hydrogen-bond acceptors (Lipinski definition) is 7. The highest BCUT2D eigenvalue weighted by Crippen LogP contribution is 2.53. The number of nitrogens with one attached hydrogen (secondary N) is 2. The molecule has 48 heavy (non-hydrogen) atoms. The first-order valence-electron chi connectivity index (χ1n) is 16.0. The Labute approximate surface area is 279 Å². The van der Waals surface area contributed by atoms with Crippen molar-refractivity contribution in [1.29, 1.82) is 5.26 Å². The van der Waals surface area contributed by atoms with Gasteiger partial charge in [0.2, 0.25) is 5.91 Å². The molecule has 3 aromatic heterocycles. The van der Waals surface area contributed by atoms with Crippen molar-refractivity contribution in [2.75, 3.05) is 23.7 Å². The zero-order valence-electron chi connectivity index (χ0n) is 26.3. The van der Waals surface area contributed by atoms with Crippen molar-refractivity contribution in [2.24, 2.45) is 0 Å². The average molecular weight is 670 g/mol. The van der Waals surface area contributed by atoms with Gasteiger partial charge in [-0.25, -0.2) is 9.97 Å². The molecule has 1 saturated carbocycles. The molecule has 0 spiro atoms. The highest BCUT2D eigenvalue weighted by Gasteiger charge is 2.41. The number of carbonyl (C=O) groups is 1. The van der Waals surface area contributed by atoms with Crippen LogP contribution in [0.15, 0.2) is 67.5 Å². The number of rotatable bonds is 9. The minimum absolute atomic E-state index is 0.162. The lowest BCUT2D eigenvalue weighted by Gasteiger charge is -2.33. The summed E-state index contributed by atoms with van der Waals surface area (Å²) >= 11 is 1.06. The van der Waals surface area contributed by atoms with Crippen molar-refractivity contribution in [2.45, 2.75) is 63.3 Å². The zero-order chi connectivity index (χ0) is 33.6. The molecule has 12 heteroatoms. The summed E-state index contributed by atoms with van der Waals surface area (Å²) in [4.78, 5) is 23.4. The standard InChI is InChI=1S/C36H34F3N7OS/c1-3-33(47)43-24-7-4-22(5-8-24)29-16-32(29)46-26(18-40)14-28-21(2)23(6-9-31(28)46)19-45-12-10-25(11-13-45)44-34-30-15-27(17-36(37,38)39)48-35(30)42-20-41-34/h3-9,14-15,20,25,29,32H,1,10-13,16-17,19H2,2H3,(H,43,47)(H,41,42,44)/t29-,32-/m1/s1. The van der Waals surface area contributed by atoms with Crippen LogP contribution in [0.25, 0.3) is 21.1 Å². The van der Waals surface area contributed by atoms with E-state index in [9.17, 15) is 23.2 Å². The van der Waals surface area contributed by atoms with Crippen LogP contribution in [0.3, 0.4) is 0 Å². The summed E-state index contributed by atoms with van der Waals surface area (Å²) in [7, 11) is 0. The van der Waals surface area contributed by atoms with Gasteiger partial charge < -0.3 is 15.2 Å². The van der Waals surface area contributed by atoms with Crippen molar-refractivity contribution < 1.29 is 18.0 Å². The van der Waals surface area contributed by atoms with Crippen molar-refractivity contribution >= 4 is 49.9 Å². The second kappa shape index (κ2) is 12.7. The largest absolute Gasteiger partial charge is 0.393 e. The predicted octanol–water partition coefficient (Wildman–Crippen LogP) is 7.86. The molecule has 5 aromatic rings. The molecule has 8 nitrogen and oxygen atoms in total. The van der Waals surface area contributed by atoms with E-state index in [0.29, 0.717) is 27.6 Å². The third kappa shape index (κ3) is 6.53. The maximum Gasteiger partial charge on any atom is 0.393 e. The topological polar surface area (TPSA) is 98.9 Å². The number of thiophene rings is 1. The van der Waals surface area contributed by atoms with Crippen LogP contribution in [0.4, 0.5) is 24.7 Å². The van der Waals surface area contributed by atoms with Gasteiger partial charge in [0.1, 0.15) is 28.7 Å². The number of anilines is 2. The van der Waals surface area contributed by atoms with E-state index < -0.39 is 12.6 Å². The minimum atomic E-state index is -4.26. The van der Waals surface area contributed by atoms with Gasteiger partial charge in [0.15, 0.2) is 0 Å². The number of fused-ring (bicyclic) bond motifs is 2. The number of aryl methyl sites for hydroxylation is 1. The molecule has 0 radical (unpaired) electrons. The van der Waals surface area contributed by atoms with Crippen LogP contribution >= 0.6 is 11.3 Å². The second-order valence-corrected chi connectivity index (χ2v) is 13.8. The van der Waals surface area contributed by atoms with Gasteiger partial charge in [-0.3, -0.25) is 9.69 Å². The number of alkyl halides is 3. The highest BCUT2D eigenvalue weighted by molar-refractivity contribution is 7.18. The summed E-state index contributed by atoms with van der Waals surface area (Å²) in [6.07, 6.45) is 0.136.